The third-order valence-corrected chi connectivity index (χ3v) is 4.40. The van der Waals surface area contributed by atoms with Gasteiger partial charge in [-0.15, -0.1) is 0 Å². The predicted octanol–water partition coefficient (Wildman–Crippen LogP) is 1.04. The van der Waals surface area contributed by atoms with E-state index in [0.717, 1.165) is 0 Å². The highest BCUT2D eigenvalue weighted by molar-refractivity contribution is 6.29. The molecule has 1 amide bonds. The van der Waals surface area contributed by atoms with Gasteiger partial charge in [-0.1, -0.05) is 25.4 Å². The molecule has 0 aliphatic carbocycles. The van der Waals surface area contributed by atoms with Crippen LogP contribution in [0.25, 0.3) is 0 Å². The van der Waals surface area contributed by atoms with Gasteiger partial charge in [0.1, 0.15) is 5.15 Å². The van der Waals surface area contributed by atoms with Crippen molar-refractivity contribution in [3.63, 3.8) is 0 Å². The highest BCUT2D eigenvalue weighted by Crippen LogP contribution is 2.39. The molecule has 0 radical (unpaired) electrons. The van der Waals surface area contributed by atoms with E-state index in [4.69, 9.17) is 16.7 Å². The fraction of sp³-hybridized carbons (Fsp3) is 0.615. The van der Waals surface area contributed by atoms with Crippen LogP contribution < -0.4 is 5.56 Å². The maximum Gasteiger partial charge on any atom is 0.407 e. The Morgan fingerprint density at radius 3 is 2.71 bits per heavy atom. The molecule has 1 aliphatic heterocycles. The molecule has 1 aromatic rings. The molecular weight excluding hydrogens is 298 g/mol. The second-order valence-electron chi connectivity index (χ2n) is 6.05. The van der Waals surface area contributed by atoms with E-state index in [1.165, 1.54) is 21.9 Å². The molecule has 8 heteroatoms. The van der Waals surface area contributed by atoms with E-state index >= 15 is 0 Å². The number of nitrogens with zero attached hydrogens (tertiary/aromatic N) is 3. The molecule has 0 bridgehead atoms. The third kappa shape index (κ3) is 3.03. The molecule has 2 heterocycles. The number of carboxylic acid groups (broad SMARTS) is 1. The Hall–Kier alpha value is -1.60. The first kappa shape index (κ1) is 15.8. The second kappa shape index (κ2) is 5.31. The van der Waals surface area contributed by atoms with Crippen molar-refractivity contribution in [3.05, 3.63) is 27.9 Å². The molecule has 1 aliphatic rings. The summed E-state index contributed by atoms with van der Waals surface area (Å²) in [4.78, 5) is 28.0. The average Bonchev–Trinajstić information content (AvgIpc) is 2.36. The maximum atomic E-state index is 11.9. The van der Waals surface area contributed by atoms with Crippen molar-refractivity contribution >= 4 is 17.7 Å². The highest BCUT2D eigenvalue weighted by atomic mass is 35.5. The zero-order valence-electron chi connectivity index (χ0n) is 11.9. The number of aliphatic hydroxyl groups is 1. The van der Waals surface area contributed by atoms with Crippen molar-refractivity contribution in [2.24, 2.45) is 5.41 Å². The van der Waals surface area contributed by atoms with Gasteiger partial charge < -0.3 is 15.1 Å². The Morgan fingerprint density at radius 1 is 1.52 bits per heavy atom. The van der Waals surface area contributed by atoms with Gasteiger partial charge in [0, 0.05) is 24.6 Å². The molecule has 0 unspecified atom stereocenters. The van der Waals surface area contributed by atoms with Crippen LogP contribution in [0.1, 0.15) is 20.3 Å². The van der Waals surface area contributed by atoms with E-state index in [1.807, 2.05) is 0 Å². The van der Waals surface area contributed by atoms with Crippen molar-refractivity contribution in [1.82, 2.24) is 14.5 Å². The number of hydrogen-bond acceptors (Lipinski definition) is 4. The number of piperidine rings is 1. The maximum absolute atomic E-state index is 11.9. The van der Waals surface area contributed by atoms with Crippen LogP contribution in [0, 0.1) is 5.41 Å². The molecule has 1 atom stereocenters. The quantitative estimate of drug-likeness (QED) is 0.795. The summed E-state index contributed by atoms with van der Waals surface area (Å²) in [6, 6.07) is 1.18. The zero-order chi connectivity index (χ0) is 15.8. The van der Waals surface area contributed by atoms with Gasteiger partial charge in [-0.05, 0) is 6.42 Å². The summed E-state index contributed by atoms with van der Waals surface area (Å²) < 4.78 is 1.30. The Labute approximate surface area is 126 Å². The minimum atomic E-state index is -1.20. The first-order valence-electron chi connectivity index (χ1n) is 6.57. The molecule has 2 N–H and O–H groups in total. The number of likely N-dealkylation sites (tertiary alicyclic amines) is 1. The topological polar surface area (TPSA) is 95.7 Å². The van der Waals surface area contributed by atoms with E-state index in [-0.39, 0.29) is 36.8 Å². The lowest BCUT2D eigenvalue weighted by Gasteiger charge is -2.49. The summed E-state index contributed by atoms with van der Waals surface area (Å²) in [6.07, 6.45) is 0.541. The minimum Gasteiger partial charge on any atom is -0.465 e. The van der Waals surface area contributed by atoms with Crippen LogP contribution in [0.3, 0.4) is 0 Å². The van der Waals surface area contributed by atoms with E-state index in [1.54, 1.807) is 13.8 Å². The Kier molecular flexibility index (Phi) is 3.99. The highest BCUT2D eigenvalue weighted by Gasteiger charge is 2.49. The summed E-state index contributed by atoms with van der Waals surface area (Å²) in [5.41, 5.74) is -2.24. The molecule has 7 nitrogen and oxygen atoms in total. The predicted molar refractivity (Wildman–Crippen MR) is 76.5 cm³/mol. The fourth-order valence-electron chi connectivity index (χ4n) is 2.62. The summed E-state index contributed by atoms with van der Waals surface area (Å²) in [6.45, 7) is 4.06. The lowest BCUT2D eigenvalue weighted by molar-refractivity contribution is -0.123. The molecule has 1 saturated heterocycles. The third-order valence-electron chi connectivity index (χ3n) is 4.19. The summed E-state index contributed by atoms with van der Waals surface area (Å²) in [5.74, 6) is 0. The first-order valence-corrected chi connectivity index (χ1v) is 6.95. The van der Waals surface area contributed by atoms with Crippen LogP contribution in [0.2, 0.25) is 5.15 Å². The molecule has 0 spiro atoms. The van der Waals surface area contributed by atoms with Gasteiger partial charge in [0.2, 0.25) is 0 Å². The number of rotatable bonds is 2. The summed E-state index contributed by atoms with van der Waals surface area (Å²) in [5, 5.41) is 20.1. The standard InChI is InChI=1S/C13H18ClN3O4/c1-12(2)6-16(11(19)20)4-3-13(12,21)7-17-8-15-9(14)5-10(17)18/h5,8,21H,3-4,6-7H2,1-2H3,(H,19,20)/t13-/m0/s1. The van der Waals surface area contributed by atoms with Crippen LogP contribution >= 0.6 is 11.6 Å². The molecular formula is C13H18ClN3O4. The van der Waals surface area contributed by atoms with Gasteiger partial charge in [0.05, 0.1) is 18.5 Å². The Balaban J connectivity index is 2.26. The lowest BCUT2D eigenvalue weighted by Crippen LogP contribution is -2.60. The molecule has 21 heavy (non-hydrogen) atoms. The van der Waals surface area contributed by atoms with E-state index in [2.05, 4.69) is 4.98 Å². The molecule has 0 saturated carbocycles. The molecule has 116 valence electrons. The number of hydrogen-bond donors (Lipinski definition) is 2. The minimum absolute atomic E-state index is 0.0520. The first-order chi connectivity index (χ1) is 9.64. The number of halogens is 1. The van der Waals surface area contributed by atoms with Crippen LogP contribution in [0.4, 0.5) is 4.79 Å². The largest absolute Gasteiger partial charge is 0.465 e. The van der Waals surface area contributed by atoms with Crippen LogP contribution in [0.15, 0.2) is 17.2 Å². The lowest BCUT2D eigenvalue weighted by atomic mass is 9.70. The number of carbonyl (C=O) groups is 1. The smallest absolute Gasteiger partial charge is 0.407 e. The van der Waals surface area contributed by atoms with Crippen molar-refractivity contribution in [3.8, 4) is 0 Å². The SMILES string of the molecule is CC1(C)CN(C(=O)O)CC[C@]1(O)Cn1cnc(Cl)cc1=O. The average molecular weight is 316 g/mol. The Bertz CT molecular complexity index is 616. The normalized spacial score (nSPS) is 24.9. The molecule has 0 aromatic carbocycles. The fourth-order valence-corrected chi connectivity index (χ4v) is 2.76. The van der Waals surface area contributed by atoms with Crippen molar-refractivity contribution in [2.75, 3.05) is 13.1 Å². The van der Waals surface area contributed by atoms with Gasteiger partial charge in [-0.2, -0.15) is 0 Å². The Morgan fingerprint density at radius 2 is 2.19 bits per heavy atom. The molecule has 1 aromatic heterocycles. The van der Waals surface area contributed by atoms with Crippen molar-refractivity contribution in [1.29, 1.82) is 0 Å². The van der Waals surface area contributed by atoms with Crippen LogP contribution in [-0.2, 0) is 6.54 Å². The van der Waals surface area contributed by atoms with Gasteiger partial charge in [0.25, 0.3) is 5.56 Å². The van der Waals surface area contributed by atoms with E-state index < -0.39 is 17.1 Å². The summed E-state index contributed by atoms with van der Waals surface area (Å²) >= 11 is 5.65. The molecule has 1 fully saturated rings. The van der Waals surface area contributed by atoms with Crippen molar-refractivity contribution < 1.29 is 15.0 Å². The monoisotopic (exact) mass is 315 g/mol. The van der Waals surface area contributed by atoms with Crippen molar-refractivity contribution in [2.45, 2.75) is 32.4 Å². The van der Waals surface area contributed by atoms with Gasteiger partial charge in [0.15, 0.2) is 0 Å². The zero-order valence-corrected chi connectivity index (χ0v) is 12.7. The molecule has 2 rings (SSSR count). The number of aromatic nitrogens is 2. The van der Waals surface area contributed by atoms with Gasteiger partial charge in [-0.25, -0.2) is 9.78 Å². The van der Waals surface area contributed by atoms with E-state index in [9.17, 15) is 14.7 Å². The van der Waals surface area contributed by atoms with E-state index in [0.29, 0.717) is 0 Å². The number of amides is 1. The van der Waals surface area contributed by atoms with Crippen LogP contribution in [0.5, 0.6) is 0 Å². The summed E-state index contributed by atoms with van der Waals surface area (Å²) in [7, 11) is 0. The van der Waals surface area contributed by atoms with Gasteiger partial charge in [-0.3, -0.25) is 9.36 Å². The second-order valence-corrected chi connectivity index (χ2v) is 6.43. The van der Waals surface area contributed by atoms with Gasteiger partial charge >= 0.3 is 6.09 Å². The van der Waals surface area contributed by atoms with Crippen LogP contribution in [-0.4, -0.2) is 49.4 Å².